The first kappa shape index (κ1) is 15.9. The molecular weight excluding hydrogens is 258 g/mol. The van der Waals surface area contributed by atoms with E-state index < -0.39 is 4.92 Å². The lowest BCUT2D eigenvalue weighted by atomic mass is 9.98. The Hall–Kier alpha value is -2.11. The smallest absolute Gasteiger partial charge is 0.293 e. The molecule has 1 rings (SSSR count). The predicted octanol–water partition coefficient (Wildman–Crippen LogP) is 2.95. The van der Waals surface area contributed by atoms with Gasteiger partial charge >= 0.3 is 0 Å². The Labute approximate surface area is 118 Å². The lowest BCUT2D eigenvalue weighted by Crippen LogP contribution is -2.43. The number of nitro benzene ring substituents is 1. The number of rotatable bonds is 6. The van der Waals surface area contributed by atoms with Crippen molar-refractivity contribution in [2.75, 3.05) is 12.4 Å². The van der Waals surface area contributed by atoms with Gasteiger partial charge in [0.15, 0.2) is 0 Å². The molecule has 20 heavy (non-hydrogen) atoms. The quantitative estimate of drug-likeness (QED) is 0.619. The van der Waals surface area contributed by atoms with Crippen molar-refractivity contribution in [2.45, 2.75) is 39.2 Å². The number of nitro groups is 1. The normalized spacial score (nSPS) is 11.0. The fourth-order valence-corrected chi connectivity index (χ4v) is 2.21. The van der Waals surface area contributed by atoms with E-state index in [-0.39, 0.29) is 28.4 Å². The van der Waals surface area contributed by atoms with Crippen LogP contribution in [0.15, 0.2) is 18.2 Å². The maximum Gasteiger partial charge on any atom is 0.293 e. The Balaban J connectivity index is 3.10. The lowest BCUT2D eigenvalue weighted by Gasteiger charge is -2.26. The topological polar surface area (TPSA) is 84.3 Å². The minimum Gasteiger partial charge on any atom is -0.382 e. The molecule has 2 N–H and O–H groups in total. The zero-order valence-electron chi connectivity index (χ0n) is 12.3. The molecule has 0 aliphatic carbocycles. The van der Waals surface area contributed by atoms with Crippen molar-refractivity contribution in [3.05, 3.63) is 33.9 Å². The molecule has 0 spiro atoms. The summed E-state index contributed by atoms with van der Waals surface area (Å²) in [6, 6.07) is 4.47. The molecule has 6 nitrogen and oxygen atoms in total. The summed E-state index contributed by atoms with van der Waals surface area (Å²) >= 11 is 0. The van der Waals surface area contributed by atoms with Gasteiger partial charge in [-0.25, -0.2) is 0 Å². The lowest BCUT2D eigenvalue weighted by molar-refractivity contribution is -0.384. The van der Waals surface area contributed by atoms with Crippen molar-refractivity contribution in [3.8, 4) is 0 Å². The first-order valence-corrected chi connectivity index (χ1v) is 6.60. The third-order valence-corrected chi connectivity index (χ3v) is 3.06. The van der Waals surface area contributed by atoms with Crippen molar-refractivity contribution < 1.29 is 9.72 Å². The van der Waals surface area contributed by atoms with Gasteiger partial charge in [-0.2, -0.15) is 0 Å². The second kappa shape index (κ2) is 6.36. The van der Waals surface area contributed by atoms with E-state index >= 15 is 0 Å². The van der Waals surface area contributed by atoms with Gasteiger partial charge < -0.3 is 10.6 Å². The minimum absolute atomic E-state index is 0.103. The Morgan fingerprint density at radius 1 is 1.40 bits per heavy atom. The molecule has 0 unspecified atom stereocenters. The molecule has 0 bridgehead atoms. The van der Waals surface area contributed by atoms with E-state index in [9.17, 15) is 14.9 Å². The molecular formula is C14H21N3O3. The zero-order valence-corrected chi connectivity index (χ0v) is 12.3. The monoisotopic (exact) mass is 279 g/mol. The summed E-state index contributed by atoms with van der Waals surface area (Å²) in [5.74, 6) is -0.309. The molecule has 110 valence electrons. The molecule has 0 saturated heterocycles. The summed E-state index contributed by atoms with van der Waals surface area (Å²) in [4.78, 5) is 22.8. The summed E-state index contributed by atoms with van der Waals surface area (Å²) in [5.41, 5.74) is 0.0724. The molecule has 6 heteroatoms. The molecule has 0 fully saturated rings. The average molecular weight is 279 g/mol. The molecule has 1 aromatic carbocycles. The van der Waals surface area contributed by atoms with E-state index in [1.165, 1.54) is 12.1 Å². The molecule has 0 saturated carbocycles. The van der Waals surface area contributed by atoms with Crippen molar-refractivity contribution in [3.63, 3.8) is 0 Å². The number of hydrogen-bond donors (Lipinski definition) is 2. The summed E-state index contributed by atoms with van der Waals surface area (Å²) < 4.78 is 0. The van der Waals surface area contributed by atoms with Gasteiger partial charge in [-0.1, -0.05) is 19.4 Å². The van der Waals surface area contributed by atoms with E-state index in [1.807, 2.05) is 20.8 Å². The molecule has 1 aromatic rings. The second-order valence-corrected chi connectivity index (χ2v) is 5.29. The highest BCUT2D eigenvalue weighted by Gasteiger charge is 2.25. The first-order valence-electron chi connectivity index (χ1n) is 6.60. The van der Waals surface area contributed by atoms with Crippen molar-refractivity contribution in [1.29, 1.82) is 0 Å². The fourth-order valence-electron chi connectivity index (χ4n) is 2.21. The van der Waals surface area contributed by atoms with E-state index in [1.54, 1.807) is 13.1 Å². The number of nitrogens with zero attached hydrogens (tertiary/aromatic N) is 1. The minimum atomic E-state index is -0.500. The molecule has 0 aliphatic heterocycles. The molecule has 1 amide bonds. The Morgan fingerprint density at radius 3 is 2.55 bits per heavy atom. The third-order valence-electron chi connectivity index (χ3n) is 3.06. The van der Waals surface area contributed by atoms with Gasteiger partial charge in [0.1, 0.15) is 5.69 Å². The standard InChI is InChI=1S/C14H21N3O3/c1-5-9-14(2,3)16-13(18)10-7-6-8-11(17(19)20)12(10)15-4/h6-8,15H,5,9H2,1-4H3,(H,16,18). The number of carbonyl (C=O) groups is 1. The Bertz CT molecular complexity index is 512. The van der Waals surface area contributed by atoms with Crippen LogP contribution in [0, 0.1) is 10.1 Å². The van der Waals surface area contributed by atoms with Crippen LogP contribution in [0.2, 0.25) is 0 Å². The molecule has 0 heterocycles. The highest BCUT2D eigenvalue weighted by atomic mass is 16.6. The molecule has 0 atom stereocenters. The van der Waals surface area contributed by atoms with Gasteiger partial charge in [-0.3, -0.25) is 14.9 Å². The van der Waals surface area contributed by atoms with Crippen LogP contribution in [0.3, 0.4) is 0 Å². The van der Waals surface area contributed by atoms with Crippen molar-refractivity contribution in [2.24, 2.45) is 0 Å². The molecule has 0 aromatic heterocycles. The van der Waals surface area contributed by atoms with Crippen LogP contribution in [0.4, 0.5) is 11.4 Å². The number of benzene rings is 1. The third kappa shape index (κ3) is 3.69. The number of carbonyl (C=O) groups excluding carboxylic acids is 1. The predicted molar refractivity (Wildman–Crippen MR) is 79.1 cm³/mol. The maximum absolute atomic E-state index is 12.3. The van der Waals surface area contributed by atoms with Gasteiger partial charge in [0.05, 0.1) is 10.5 Å². The number of para-hydroxylation sites is 1. The zero-order chi connectivity index (χ0) is 15.3. The number of amides is 1. The van der Waals surface area contributed by atoms with Gasteiger partial charge in [-0.05, 0) is 26.3 Å². The van der Waals surface area contributed by atoms with Gasteiger partial charge in [-0.15, -0.1) is 0 Å². The van der Waals surface area contributed by atoms with E-state index in [0.717, 1.165) is 12.8 Å². The van der Waals surface area contributed by atoms with Crippen LogP contribution in [0.25, 0.3) is 0 Å². The summed E-state index contributed by atoms with van der Waals surface area (Å²) in [6.45, 7) is 5.91. The highest BCUT2D eigenvalue weighted by molar-refractivity contribution is 6.01. The second-order valence-electron chi connectivity index (χ2n) is 5.29. The summed E-state index contributed by atoms with van der Waals surface area (Å²) in [5, 5.41) is 16.6. The van der Waals surface area contributed by atoms with Crippen molar-refractivity contribution >= 4 is 17.3 Å². The largest absolute Gasteiger partial charge is 0.382 e. The van der Waals surface area contributed by atoms with Crippen LogP contribution < -0.4 is 10.6 Å². The van der Waals surface area contributed by atoms with E-state index in [0.29, 0.717) is 0 Å². The Kier molecular flexibility index (Phi) is 5.07. The molecule has 0 aliphatic rings. The Morgan fingerprint density at radius 2 is 2.05 bits per heavy atom. The fraction of sp³-hybridized carbons (Fsp3) is 0.500. The van der Waals surface area contributed by atoms with Crippen LogP contribution in [-0.2, 0) is 0 Å². The maximum atomic E-state index is 12.3. The van der Waals surface area contributed by atoms with Crippen molar-refractivity contribution in [1.82, 2.24) is 5.32 Å². The van der Waals surface area contributed by atoms with Gasteiger partial charge in [0.25, 0.3) is 11.6 Å². The van der Waals surface area contributed by atoms with Crippen LogP contribution in [0.5, 0.6) is 0 Å². The van der Waals surface area contributed by atoms with Gasteiger partial charge in [0, 0.05) is 18.7 Å². The summed E-state index contributed by atoms with van der Waals surface area (Å²) in [6.07, 6.45) is 1.78. The van der Waals surface area contributed by atoms with Crippen LogP contribution >= 0.6 is 0 Å². The van der Waals surface area contributed by atoms with Crippen LogP contribution in [0.1, 0.15) is 44.0 Å². The summed E-state index contributed by atoms with van der Waals surface area (Å²) in [7, 11) is 1.57. The number of hydrogen-bond acceptors (Lipinski definition) is 4. The SMILES string of the molecule is CCCC(C)(C)NC(=O)c1cccc([N+](=O)[O-])c1NC. The molecule has 0 radical (unpaired) electrons. The van der Waals surface area contributed by atoms with E-state index in [4.69, 9.17) is 0 Å². The highest BCUT2D eigenvalue weighted by Crippen LogP contribution is 2.28. The van der Waals surface area contributed by atoms with Crippen LogP contribution in [-0.4, -0.2) is 23.4 Å². The average Bonchev–Trinajstić information content (AvgIpc) is 2.36. The van der Waals surface area contributed by atoms with E-state index in [2.05, 4.69) is 10.6 Å². The number of anilines is 1. The number of nitrogens with one attached hydrogen (secondary N) is 2. The van der Waals surface area contributed by atoms with Gasteiger partial charge in [0.2, 0.25) is 0 Å². The first-order chi connectivity index (χ1) is 9.32.